The molecule has 0 fully saturated rings. The first-order valence-electron chi connectivity index (χ1n) is 14.7. The molecule has 2 N–H and O–H groups in total. The minimum Gasteiger partial charge on any atom is -0.508 e. The Kier molecular flexibility index (Phi) is 9.06. The molecule has 218 valence electrons. The molecule has 6 nitrogen and oxygen atoms in total. The molecular formula is C37H39N5O. The average molecular weight is 570 g/mol. The maximum absolute atomic E-state index is 10.3. The lowest BCUT2D eigenvalue weighted by Crippen LogP contribution is -2.33. The largest absolute Gasteiger partial charge is 0.508 e. The Bertz CT molecular complexity index is 1900. The van der Waals surface area contributed by atoms with Crippen LogP contribution in [-0.2, 0) is 12.8 Å². The third-order valence-electron chi connectivity index (χ3n) is 7.66. The number of azo groups is 1. The molecule has 0 unspecified atom stereocenters. The van der Waals surface area contributed by atoms with Crippen LogP contribution in [0.1, 0.15) is 36.1 Å². The number of aromatic nitrogens is 1. The Labute approximate surface area is 253 Å². The molecule has 1 heterocycles. The number of allylic oxidation sites excluding steroid dienone is 1. The van der Waals surface area contributed by atoms with Crippen LogP contribution in [0.2, 0.25) is 0 Å². The van der Waals surface area contributed by atoms with E-state index in [0.717, 1.165) is 62.5 Å². The number of nitrogens with zero attached hydrogens (tertiary/aromatic N) is 4. The van der Waals surface area contributed by atoms with Crippen molar-refractivity contribution in [1.29, 1.82) is 0 Å². The van der Waals surface area contributed by atoms with Gasteiger partial charge in [0.25, 0.3) is 0 Å². The summed E-state index contributed by atoms with van der Waals surface area (Å²) < 4.78 is 2.07. The summed E-state index contributed by atoms with van der Waals surface area (Å²) in [5.41, 5.74) is 11.8. The number of rotatable bonds is 9. The normalized spacial score (nSPS) is 12.9. The molecular weight excluding hydrogens is 530 g/mol. The minimum absolute atomic E-state index is 0.244. The van der Waals surface area contributed by atoms with Gasteiger partial charge in [-0.15, -0.1) is 0 Å². The summed E-state index contributed by atoms with van der Waals surface area (Å²) in [6, 6.07) is 30.5. The number of fused-ring (bicyclic) bond motifs is 1. The molecule has 0 amide bonds. The van der Waals surface area contributed by atoms with Crippen LogP contribution in [0, 0.1) is 0 Å². The number of hydrogen-bond acceptors (Lipinski definition) is 5. The summed E-state index contributed by atoms with van der Waals surface area (Å²) in [5, 5.41) is 22.5. The number of anilines is 1. The van der Waals surface area contributed by atoms with Crippen LogP contribution < -0.4 is 20.9 Å². The molecule has 6 heteroatoms. The molecule has 1 aromatic heterocycles. The van der Waals surface area contributed by atoms with Gasteiger partial charge >= 0.3 is 0 Å². The van der Waals surface area contributed by atoms with Gasteiger partial charge in [-0.25, -0.2) is 0 Å². The molecule has 0 spiro atoms. The summed E-state index contributed by atoms with van der Waals surface area (Å²) in [6.45, 7) is 4.15. The monoisotopic (exact) mass is 569 g/mol. The van der Waals surface area contributed by atoms with Gasteiger partial charge in [-0.05, 0) is 85.0 Å². The topological polar surface area (TPSA) is 65.1 Å². The number of aromatic hydroxyl groups is 1. The van der Waals surface area contributed by atoms with Gasteiger partial charge in [0.05, 0.1) is 22.3 Å². The van der Waals surface area contributed by atoms with Crippen LogP contribution in [0.25, 0.3) is 28.8 Å². The highest BCUT2D eigenvalue weighted by atomic mass is 16.3. The Morgan fingerprint density at radius 1 is 0.953 bits per heavy atom. The molecule has 0 bridgehead atoms. The van der Waals surface area contributed by atoms with Gasteiger partial charge in [-0.1, -0.05) is 67.6 Å². The van der Waals surface area contributed by atoms with E-state index in [2.05, 4.69) is 98.9 Å². The van der Waals surface area contributed by atoms with Crippen molar-refractivity contribution in [2.24, 2.45) is 10.2 Å². The van der Waals surface area contributed by atoms with Crippen molar-refractivity contribution in [1.82, 2.24) is 4.68 Å². The Hall–Kier alpha value is -5.10. The Balaban J connectivity index is 1.47. The maximum Gasteiger partial charge on any atom is 0.116 e. The quantitative estimate of drug-likeness (QED) is 0.185. The third-order valence-corrected chi connectivity index (χ3v) is 7.66. The van der Waals surface area contributed by atoms with E-state index in [1.165, 1.54) is 11.1 Å². The highest BCUT2D eigenvalue weighted by Crippen LogP contribution is 2.24. The zero-order valence-corrected chi connectivity index (χ0v) is 25.5. The predicted molar refractivity (Wildman–Crippen MR) is 181 cm³/mol. The second-order valence-electron chi connectivity index (χ2n) is 10.6. The zero-order valence-electron chi connectivity index (χ0n) is 25.5. The van der Waals surface area contributed by atoms with E-state index in [1.54, 1.807) is 6.07 Å². The molecule has 0 aliphatic rings. The van der Waals surface area contributed by atoms with E-state index >= 15 is 0 Å². The fourth-order valence-electron chi connectivity index (χ4n) is 5.32. The van der Waals surface area contributed by atoms with Gasteiger partial charge in [0, 0.05) is 43.0 Å². The fourth-order valence-corrected chi connectivity index (χ4v) is 5.32. The van der Waals surface area contributed by atoms with E-state index in [1.807, 2.05) is 64.5 Å². The van der Waals surface area contributed by atoms with Gasteiger partial charge in [0.2, 0.25) is 0 Å². The highest BCUT2D eigenvalue weighted by molar-refractivity contribution is 5.85. The average Bonchev–Trinajstić information content (AvgIpc) is 3.32. The number of benzene rings is 4. The Morgan fingerprint density at radius 3 is 2.37 bits per heavy atom. The standard InChI is InChI=1S/C37H39N5O/c1-6-28-10-8-9-11-32(28)35(7-2)40-39-29-17-12-26(13-18-29)16-22-36-33(24-27-14-19-30(20-15-27)41(4)5)34-25-31(43)21-23-37(34)42(36)38-3/h7-15,17-25,38,43H,6,16H2,1-5H3/b33-24-,35-7+,36-22-,40-39?. The van der Waals surface area contributed by atoms with Gasteiger partial charge in [0.15, 0.2) is 0 Å². The van der Waals surface area contributed by atoms with Gasteiger partial charge in [0.1, 0.15) is 5.75 Å². The SMILES string of the molecule is C/C=C(/N=Nc1ccc(C/C=c2/c(=C\c3ccc(N(C)C)cc3)c3cc(O)ccc3n2NC)cc1)c1ccccc1CC. The highest BCUT2D eigenvalue weighted by Gasteiger charge is 2.09. The summed E-state index contributed by atoms with van der Waals surface area (Å²) in [7, 11) is 5.99. The molecule has 43 heavy (non-hydrogen) atoms. The lowest BCUT2D eigenvalue weighted by molar-refractivity contribution is 0.476. The molecule has 0 saturated heterocycles. The minimum atomic E-state index is 0.244. The molecule has 0 atom stereocenters. The van der Waals surface area contributed by atoms with Crippen molar-refractivity contribution >= 4 is 40.1 Å². The van der Waals surface area contributed by atoms with E-state index in [4.69, 9.17) is 0 Å². The van der Waals surface area contributed by atoms with E-state index < -0.39 is 0 Å². The van der Waals surface area contributed by atoms with E-state index in [9.17, 15) is 5.11 Å². The predicted octanol–water partition coefficient (Wildman–Crippen LogP) is 7.15. The second-order valence-corrected chi connectivity index (χ2v) is 10.6. The van der Waals surface area contributed by atoms with Crippen LogP contribution >= 0.6 is 0 Å². The summed E-state index contributed by atoms with van der Waals surface area (Å²) in [6.07, 6.45) is 8.09. The van der Waals surface area contributed by atoms with Crippen molar-refractivity contribution in [2.45, 2.75) is 26.7 Å². The van der Waals surface area contributed by atoms with Crippen molar-refractivity contribution in [2.75, 3.05) is 31.5 Å². The first-order valence-corrected chi connectivity index (χ1v) is 14.7. The molecule has 4 aromatic carbocycles. The first kappa shape index (κ1) is 29.4. The van der Waals surface area contributed by atoms with E-state index in [0.29, 0.717) is 0 Å². The van der Waals surface area contributed by atoms with Gasteiger partial charge < -0.3 is 15.4 Å². The van der Waals surface area contributed by atoms with Crippen LogP contribution in [-0.4, -0.2) is 30.9 Å². The number of phenolic OH excluding ortho intramolecular Hbond substituents is 1. The first-order chi connectivity index (χ1) is 20.9. The second kappa shape index (κ2) is 13.3. The van der Waals surface area contributed by atoms with Crippen molar-refractivity contribution in [3.8, 4) is 5.75 Å². The molecule has 0 radical (unpaired) electrons. The molecule has 5 aromatic rings. The van der Waals surface area contributed by atoms with E-state index in [-0.39, 0.29) is 5.75 Å². The summed E-state index contributed by atoms with van der Waals surface area (Å²) >= 11 is 0. The molecule has 0 aliphatic heterocycles. The van der Waals surface area contributed by atoms with Crippen molar-refractivity contribution in [3.05, 3.63) is 130 Å². The summed E-state index contributed by atoms with van der Waals surface area (Å²) in [4.78, 5) is 2.09. The summed E-state index contributed by atoms with van der Waals surface area (Å²) in [5.74, 6) is 0.244. The number of phenols is 1. The van der Waals surface area contributed by atoms with Crippen molar-refractivity contribution in [3.63, 3.8) is 0 Å². The zero-order chi connectivity index (χ0) is 30.3. The Morgan fingerprint density at radius 2 is 1.70 bits per heavy atom. The van der Waals surface area contributed by atoms with Crippen LogP contribution in [0.5, 0.6) is 5.75 Å². The number of aryl methyl sites for hydroxylation is 1. The van der Waals surface area contributed by atoms with Crippen LogP contribution in [0.15, 0.2) is 107 Å². The third kappa shape index (κ3) is 6.54. The van der Waals surface area contributed by atoms with Crippen LogP contribution in [0.3, 0.4) is 0 Å². The maximum atomic E-state index is 10.3. The number of nitrogens with one attached hydrogen (secondary N) is 1. The molecule has 0 saturated carbocycles. The molecule has 5 rings (SSSR count). The van der Waals surface area contributed by atoms with Gasteiger partial charge in [-0.2, -0.15) is 10.2 Å². The molecule has 0 aliphatic carbocycles. The van der Waals surface area contributed by atoms with Crippen LogP contribution in [0.4, 0.5) is 11.4 Å². The fraction of sp³-hybridized carbons (Fsp3) is 0.189. The lowest BCUT2D eigenvalue weighted by Gasteiger charge is -2.11. The lowest BCUT2D eigenvalue weighted by atomic mass is 10.0. The van der Waals surface area contributed by atoms with Gasteiger partial charge in [-0.3, -0.25) is 4.68 Å². The van der Waals surface area contributed by atoms with Crippen molar-refractivity contribution < 1.29 is 5.11 Å². The smallest absolute Gasteiger partial charge is 0.116 e. The number of hydrogen-bond donors (Lipinski definition) is 2.